The third kappa shape index (κ3) is 2.46. The Hall–Kier alpha value is -1.74. The first kappa shape index (κ1) is 15.6. The molecule has 116 valence electrons. The first-order valence-electron chi connectivity index (χ1n) is 6.31. The molecule has 1 aromatic carbocycles. The van der Waals surface area contributed by atoms with Crippen molar-refractivity contribution in [1.29, 1.82) is 0 Å². The molecule has 1 aliphatic heterocycles. The van der Waals surface area contributed by atoms with Gasteiger partial charge in [-0.15, -0.1) is 0 Å². The maximum Gasteiger partial charge on any atom is 0.270 e. The van der Waals surface area contributed by atoms with Crippen LogP contribution in [0.2, 0.25) is 0 Å². The number of nitrogens with zero attached hydrogens (tertiary/aromatic N) is 1. The molecule has 3 unspecified atom stereocenters. The molecular weight excluding hydrogens is 280 g/mol. The van der Waals surface area contributed by atoms with E-state index in [0.29, 0.717) is 11.3 Å². The first-order valence-corrected chi connectivity index (χ1v) is 6.31. The third-order valence-corrected chi connectivity index (χ3v) is 3.72. The van der Waals surface area contributed by atoms with Crippen molar-refractivity contribution in [2.75, 3.05) is 14.2 Å². The summed E-state index contributed by atoms with van der Waals surface area (Å²) in [4.78, 5) is 10.3. The zero-order valence-corrected chi connectivity index (χ0v) is 12.0. The smallest absolute Gasteiger partial charge is 0.270 e. The van der Waals surface area contributed by atoms with E-state index in [1.54, 1.807) is 6.92 Å². The maximum absolute atomic E-state index is 10.8. The minimum absolute atomic E-state index is 0.112. The maximum atomic E-state index is 10.8. The standard InChI is InChI=1S/C13H18N2O6/c1-13(12(19-2)20-3)11(16)10(14)8-6-7(15(17)18)4-5-9(8)21-13/h4-6,10-12,16H,14H2,1-3H3. The number of benzene rings is 1. The number of fused-ring (bicyclic) bond motifs is 1. The van der Waals surface area contributed by atoms with Crippen molar-refractivity contribution < 1.29 is 24.2 Å². The van der Waals surface area contributed by atoms with Crippen LogP contribution in [0.1, 0.15) is 18.5 Å². The first-order chi connectivity index (χ1) is 9.85. The van der Waals surface area contributed by atoms with Crippen molar-refractivity contribution in [2.45, 2.75) is 31.0 Å². The van der Waals surface area contributed by atoms with Crippen molar-refractivity contribution in [3.05, 3.63) is 33.9 Å². The fourth-order valence-corrected chi connectivity index (χ4v) is 2.58. The number of aliphatic hydroxyl groups is 1. The molecule has 0 saturated heterocycles. The van der Waals surface area contributed by atoms with Crippen LogP contribution in [0.3, 0.4) is 0 Å². The highest BCUT2D eigenvalue weighted by Gasteiger charge is 2.51. The molecule has 0 radical (unpaired) electrons. The number of hydrogen-bond acceptors (Lipinski definition) is 7. The highest BCUT2D eigenvalue weighted by molar-refractivity contribution is 5.48. The molecule has 8 heteroatoms. The lowest BCUT2D eigenvalue weighted by Crippen LogP contribution is -2.61. The van der Waals surface area contributed by atoms with Crippen molar-refractivity contribution in [1.82, 2.24) is 0 Å². The van der Waals surface area contributed by atoms with Gasteiger partial charge in [0.15, 0.2) is 11.9 Å². The average molecular weight is 298 g/mol. The van der Waals surface area contributed by atoms with Gasteiger partial charge in [0, 0.05) is 31.9 Å². The van der Waals surface area contributed by atoms with E-state index in [4.69, 9.17) is 19.9 Å². The van der Waals surface area contributed by atoms with Gasteiger partial charge in [0.05, 0.1) is 11.0 Å². The summed E-state index contributed by atoms with van der Waals surface area (Å²) in [5, 5.41) is 21.3. The molecule has 8 nitrogen and oxygen atoms in total. The summed E-state index contributed by atoms with van der Waals surface area (Å²) < 4.78 is 16.1. The molecule has 0 amide bonds. The van der Waals surface area contributed by atoms with Gasteiger partial charge in [0.2, 0.25) is 0 Å². The van der Waals surface area contributed by atoms with Crippen molar-refractivity contribution in [3.8, 4) is 5.75 Å². The molecule has 0 saturated carbocycles. The quantitative estimate of drug-likeness (QED) is 0.478. The van der Waals surface area contributed by atoms with E-state index in [1.165, 1.54) is 32.4 Å². The predicted molar refractivity (Wildman–Crippen MR) is 72.9 cm³/mol. The molecule has 0 bridgehead atoms. The molecule has 2 rings (SSSR count). The molecule has 1 heterocycles. The molecule has 0 aromatic heterocycles. The second-order valence-electron chi connectivity index (χ2n) is 5.04. The van der Waals surface area contributed by atoms with Crippen LogP contribution in [0.15, 0.2) is 18.2 Å². The summed E-state index contributed by atoms with van der Waals surface area (Å²) in [6.45, 7) is 1.61. The Kier molecular flexibility index (Phi) is 4.15. The van der Waals surface area contributed by atoms with Crippen molar-refractivity contribution in [3.63, 3.8) is 0 Å². The van der Waals surface area contributed by atoms with Gasteiger partial charge in [-0.25, -0.2) is 0 Å². The van der Waals surface area contributed by atoms with E-state index in [-0.39, 0.29) is 5.69 Å². The summed E-state index contributed by atoms with van der Waals surface area (Å²) in [7, 11) is 2.85. The third-order valence-electron chi connectivity index (χ3n) is 3.72. The second kappa shape index (κ2) is 5.57. The lowest BCUT2D eigenvalue weighted by atomic mass is 9.85. The Morgan fingerprint density at radius 2 is 2.10 bits per heavy atom. The fraction of sp³-hybridized carbons (Fsp3) is 0.538. The molecule has 21 heavy (non-hydrogen) atoms. The van der Waals surface area contributed by atoms with E-state index in [2.05, 4.69) is 0 Å². The summed E-state index contributed by atoms with van der Waals surface area (Å²) in [5.41, 5.74) is 5.05. The number of nitrogens with two attached hydrogens (primary N) is 1. The second-order valence-corrected chi connectivity index (χ2v) is 5.04. The monoisotopic (exact) mass is 298 g/mol. The zero-order chi connectivity index (χ0) is 15.8. The molecule has 3 atom stereocenters. The van der Waals surface area contributed by atoms with Crippen molar-refractivity contribution in [2.24, 2.45) is 5.73 Å². The Balaban J connectivity index is 2.47. The van der Waals surface area contributed by atoms with Gasteiger partial charge in [-0.1, -0.05) is 0 Å². The molecule has 0 aliphatic carbocycles. The van der Waals surface area contributed by atoms with Gasteiger partial charge >= 0.3 is 0 Å². The Morgan fingerprint density at radius 3 is 2.62 bits per heavy atom. The highest BCUT2D eigenvalue weighted by Crippen LogP contribution is 2.42. The van der Waals surface area contributed by atoms with Gasteiger partial charge < -0.3 is 25.1 Å². The summed E-state index contributed by atoms with van der Waals surface area (Å²) in [6.07, 6.45) is -2.00. The summed E-state index contributed by atoms with van der Waals surface area (Å²) >= 11 is 0. The van der Waals surface area contributed by atoms with E-state index in [0.717, 1.165) is 0 Å². The number of methoxy groups -OCH3 is 2. The minimum Gasteiger partial charge on any atom is -0.479 e. The predicted octanol–water partition coefficient (Wildman–Crippen LogP) is 0.725. The molecule has 3 N–H and O–H groups in total. The summed E-state index contributed by atoms with van der Waals surface area (Å²) in [6, 6.07) is 3.22. The van der Waals surface area contributed by atoms with Gasteiger partial charge in [0.25, 0.3) is 5.69 Å². The Morgan fingerprint density at radius 1 is 1.48 bits per heavy atom. The van der Waals surface area contributed by atoms with Crippen LogP contribution in [-0.2, 0) is 9.47 Å². The highest BCUT2D eigenvalue weighted by atomic mass is 16.7. The number of hydrogen-bond donors (Lipinski definition) is 2. The van der Waals surface area contributed by atoms with E-state index >= 15 is 0 Å². The van der Waals surface area contributed by atoms with Gasteiger partial charge in [-0.2, -0.15) is 0 Å². The minimum atomic E-state index is -1.23. The van der Waals surface area contributed by atoms with Crippen LogP contribution in [0.5, 0.6) is 5.75 Å². The summed E-state index contributed by atoms with van der Waals surface area (Å²) in [5.74, 6) is 0.361. The van der Waals surface area contributed by atoms with E-state index in [1.807, 2.05) is 0 Å². The lowest BCUT2D eigenvalue weighted by Gasteiger charge is -2.45. The number of aliphatic hydroxyl groups excluding tert-OH is 1. The average Bonchev–Trinajstić information content (AvgIpc) is 2.45. The normalized spacial score (nSPS) is 28.1. The van der Waals surface area contributed by atoms with E-state index in [9.17, 15) is 15.2 Å². The number of nitro groups is 1. The fourth-order valence-electron chi connectivity index (χ4n) is 2.58. The lowest BCUT2D eigenvalue weighted by molar-refractivity contribution is -0.385. The van der Waals surface area contributed by atoms with Gasteiger partial charge in [0.1, 0.15) is 11.9 Å². The topological polar surface area (TPSA) is 117 Å². The van der Waals surface area contributed by atoms with Crippen LogP contribution in [0, 0.1) is 10.1 Å². The molecule has 1 aromatic rings. The number of nitro benzene ring substituents is 1. The number of non-ortho nitro benzene ring substituents is 1. The Bertz CT molecular complexity index is 547. The number of ether oxygens (including phenoxy) is 3. The molecule has 0 fully saturated rings. The van der Waals surface area contributed by atoms with Crippen LogP contribution >= 0.6 is 0 Å². The van der Waals surface area contributed by atoms with Gasteiger partial charge in [-0.05, 0) is 13.0 Å². The Labute approximate surface area is 121 Å². The van der Waals surface area contributed by atoms with Crippen LogP contribution in [0.4, 0.5) is 5.69 Å². The van der Waals surface area contributed by atoms with Crippen LogP contribution in [-0.4, -0.2) is 42.2 Å². The molecular formula is C13H18N2O6. The largest absolute Gasteiger partial charge is 0.479 e. The van der Waals surface area contributed by atoms with Crippen LogP contribution in [0.25, 0.3) is 0 Å². The van der Waals surface area contributed by atoms with Crippen molar-refractivity contribution >= 4 is 5.69 Å². The van der Waals surface area contributed by atoms with Crippen LogP contribution < -0.4 is 10.5 Å². The zero-order valence-electron chi connectivity index (χ0n) is 12.0. The molecule has 0 spiro atoms. The SMILES string of the molecule is COC(OC)C1(C)Oc2ccc([N+](=O)[O-])cc2C(N)C1O. The molecule has 1 aliphatic rings. The number of rotatable bonds is 4. The van der Waals surface area contributed by atoms with Gasteiger partial charge in [-0.3, -0.25) is 10.1 Å². The van der Waals surface area contributed by atoms with E-state index < -0.39 is 29.0 Å².